The van der Waals surface area contributed by atoms with E-state index in [4.69, 9.17) is 15.2 Å². The van der Waals surface area contributed by atoms with Crippen molar-refractivity contribution in [1.29, 1.82) is 0 Å². The summed E-state index contributed by atoms with van der Waals surface area (Å²) in [6.45, 7) is 1.73. The fourth-order valence-corrected chi connectivity index (χ4v) is 3.37. The summed E-state index contributed by atoms with van der Waals surface area (Å²) in [7, 11) is 0. The van der Waals surface area contributed by atoms with Crippen molar-refractivity contribution in [1.82, 2.24) is 0 Å². The predicted molar refractivity (Wildman–Crippen MR) is 90.7 cm³/mol. The van der Waals surface area contributed by atoms with Gasteiger partial charge < -0.3 is 15.2 Å². The van der Waals surface area contributed by atoms with Crippen molar-refractivity contribution in [3.63, 3.8) is 0 Å². The van der Waals surface area contributed by atoms with Crippen molar-refractivity contribution >= 4 is 17.4 Å². The number of carbonyl (C=O) groups is 2. The smallest absolute Gasteiger partial charge is 0.340 e. The fourth-order valence-electron chi connectivity index (χ4n) is 3.37. The molecule has 0 saturated carbocycles. The minimum atomic E-state index is -0.979. The van der Waals surface area contributed by atoms with Crippen LogP contribution in [0.2, 0.25) is 0 Å². The van der Waals surface area contributed by atoms with Crippen LogP contribution < -0.4 is 5.73 Å². The third-order valence-corrected chi connectivity index (χ3v) is 4.42. The van der Waals surface area contributed by atoms with E-state index in [9.17, 15) is 19.7 Å². The predicted octanol–water partition coefficient (Wildman–Crippen LogP) is 2.45. The van der Waals surface area contributed by atoms with Gasteiger partial charge in [0.15, 0.2) is 5.78 Å². The molecule has 2 N–H and O–H groups in total. The number of benzene rings is 1. The number of ether oxygens (including phenoxy) is 2. The van der Waals surface area contributed by atoms with Gasteiger partial charge in [-0.3, -0.25) is 14.9 Å². The van der Waals surface area contributed by atoms with E-state index in [2.05, 4.69) is 0 Å². The molecule has 1 aliphatic carbocycles. The molecular formula is C18H18N2O6. The summed E-state index contributed by atoms with van der Waals surface area (Å²) in [5.74, 6) is -1.75. The Kier molecular flexibility index (Phi) is 4.75. The average molecular weight is 358 g/mol. The molecule has 0 aromatic heterocycles. The first-order valence-electron chi connectivity index (χ1n) is 8.29. The zero-order valence-corrected chi connectivity index (χ0v) is 14.2. The number of nitro benzene ring substituents is 1. The van der Waals surface area contributed by atoms with Crippen LogP contribution in [-0.2, 0) is 19.1 Å². The molecule has 1 aliphatic heterocycles. The molecule has 0 saturated heterocycles. The van der Waals surface area contributed by atoms with E-state index >= 15 is 0 Å². The number of para-hydroxylation sites is 1. The van der Waals surface area contributed by atoms with Crippen LogP contribution in [0.3, 0.4) is 0 Å². The Morgan fingerprint density at radius 2 is 2.12 bits per heavy atom. The zero-order chi connectivity index (χ0) is 18.8. The van der Waals surface area contributed by atoms with E-state index in [0.717, 1.165) is 0 Å². The van der Waals surface area contributed by atoms with Crippen LogP contribution >= 0.6 is 0 Å². The van der Waals surface area contributed by atoms with Gasteiger partial charge in [0.1, 0.15) is 11.3 Å². The molecule has 8 nitrogen and oxygen atoms in total. The molecule has 3 rings (SSSR count). The molecule has 0 unspecified atom stereocenters. The maximum absolute atomic E-state index is 12.6. The minimum Gasteiger partial charge on any atom is -0.462 e. The largest absolute Gasteiger partial charge is 0.462 e. The molecule has 0 amide bonds. The highest BCUT2D eigenvalue weighted by Crippen LogP contribution is 2.46. The van der Waals surface area contributed by atoms with E-state index < -0.39 is 16.8 Å². The lowest BCUT2D eigenvalue weighted by molar-refractivity contribution is -0.385. The van der Waals surface area contributed by atoms with Crippen molar-refractivity contribution in [2.24, 2.45) is 5.73 Å². The highest BCUT2D eigenvalue weighted by Gasteiger charge is 2.43. The Balaban J connectivity index is 2.25. The second-order valence-corrected chi connectivity index (χ2v) is 5.96. The number of allylic oxidation sites excluding steroid dienone is 2. The third kappa shape index (κ3) is 2.94. The lowest BCUT2D eigenvalue weighted by Crippen LogP contribution is -2.31. The summed E-state index contributed by atoms with van der Waals surface area (Å²) >= 11 is 0. The van der Waals surface area contributed by atoms with Crippen LogP contribution in [0, 0.1) is 10.1 Å². The number of carbonyl (C=O) groups excluding carboxylic acids is 2. The van der Waals surface area contributed by atoms with E-state index in [1.54, 1.807) is 13.0 Å². The average Bonchev–Trinajstić information content (AvgIpc) is 2.60. The molecule has 136 valence electrons. The van der Waals surface area contributed by atoms with Crippen LogP contribution in [-0.4, -0.2) is 23.3 Å². The molecule has 8 heteroatoms. The number of nitrogens with zero attached hydrogens (tertiary/aromatic N) is 1. The number of Topliss-reactive ketones (excluding diaryl/α,β-unsaturated/α-hetero) is 1. The molecular weight excluding hydrogens is 340 g/mol. The summed E-state index contributed by atoms with van der Waals surface area (Å²) in [5.41, 5.74) is 6.16. The minimum absolute atomic E-state index is 0.0739. The lowest BCUT2D eigenvalue weighted by atomic mass is 9.76. The first-order chi connectivity index (χ1) is 12.5. The topological polar surface area (TPSA) is 122 Å². The van der Waals surface area contributed by atoms with E-state index in [0.29, 0.717) is 18.6 Å². The molecule has 1 atom stereocenters. The Hall–Kier alpha value is -3.16. The van der Waals surface area contributed by atoms with Crippen molar-refractivity contribution in [3.05, 3.63) is 62.7 Å². The standard InChI is InChI=1S/C18H18N2O6/c1-2-25-18(22)16-14(10-6-3-4-7-11(10)20(23)24)15-12(21)8-5-9-13(15)26-17(16)19/h3-4,6-7,14H,2,5,8-9,19H2,1H3/t14-/m1/s1. The molecule has 1 heterocycles. The van der Waals surface area contributed by atoms with Crippen LogP contribution in [0.15, 0.2) is 47.1 Å². The Morgan fingerprint density at radius 3 is 2.81 bits per heavy atom. The summed E-state index contributed by atoms with van der Waals surface area (Å²) < 4.78 is 10.6. The maximum atomic E-state index is 12.6. The molecule has 1 aromatic carbocycles. The number of esters is 1. The molecule has 0 radical (unpaired) electrons. The van der Waals surface area contributed by atoms with Crippen molar-refractivity contribution in [2.45, 2.75) is 32.1 Å². The molecule has 26 heavy (non-hydrogen) atoms. The zero-order valence-electron chi connectivity index (χ0n) is 14.2. The Labute approximate surface area is 149 Å². The summed E-state index contributed by atoms with van der Waals surface area (Å²) in [5, 5.41) is 11.5. The number of hydrogen-bond acceptors (Lipinski definition) is 7. The summed E-state index contributed by atoms with van der Waals surface area (Å²) in [6, 6.07) is 5.99. The van der Waals surface area contributed by atoms with Gasteiger partial charge in [0.2, 0.25) is 5.88 Å². The number of nitro groups is 1. The van der Waals surface area contributed by atoms with E-state index in [1.807, 2.05) is 0 Å². The van der Waals surface area contributed by atoms with E-state index in [1.165, 1.54) is 18.2 Å². The van der Waals surface area contributed by atoms with Gasteiger partial charge in [-0.1, -0.05) is 18.2 Å². The summed E-state index contributed by atoms with van der Waals surface area (Å²) in [6.07, 6.45) is 1.37. The number of nitrogens with two attached hydrogens (primary N) is 1. The molecule has 2 aliphatic rings. The second kappa shape index (κ2) is 6.99. The molecule has 0 spiro atoms. The first kappa shape index (κ1) is 17.7. The highest BCUT2D eigenvalue weighted by atomic mass is 16.6. The quantitative estimate of drug-likeness (QED) is 0.498. The van der Waals surface area contributed by atoms with Gasteiger partial charge in [0.05, 0.1) is 17.4 Å². The van der Waals surface area contributed by atoms with Gasteiger partial charge in [-0.05, 0) is 13.3 Å². The monoisotopic (exact) mass is 358 g/mol. The first-order valence-corrected chi connectivity index (χ1v) is 8.29. The van der Waals surface area contributed by atoms with Gasteiger partial charge >= 0.3 is 5.97 Å². The van der Waals surface area contributed by atoms with Crippen molar-refractivity contribution in [3.8, 4) is 0 Å². The lowest BCUT2D eigenvalue weighted by Gasteiger charge is -2.32. The van der Waals surface area contributed by atoms with Crippen LogP contribution in [0.5, 0.6) is 0 Å². The highest BCUT2D eigenvalue weighted by molar-refractivity contribution is 6.03. The van der Waals surface area contributed by atoms with Crippen LogP contribution in [0.25, 0.3) is 0 Å². The molecule has 0 fully saturated rings. The summed E-state index contributed by atoms with van der Waals surface area (Å²) in [4.78, 5) is 36.1. The number of ketones is 1. The molecule has 1 aromatic rings. The molecule has 0 bridgehead atoms. The van der Waals surface area contributed by atoms with Gasteiger partial charge in [-0.25, -0.2) is 4.79 Å². The van der Waals surface area contributed by atoms with Gasteiger partial charge in [-0.2, -0.15) is 0 Å². The Bertz CT molecular complexity index is 855. The van der Waals surface area contributed by atoms with Crippen molar-refractivity contribution in [2.75, 3.05) is 6.61 Å². The van der Waals surface area contributed by atoms with Gasteiger partial charge in [0.25, 0.3) is 5.69 Å². The normalized spacial score (nSPS) is 19.7. The van der Waals surface area contributed by atoms with Gasteiger partial charge in [0, 0.05) is 30.0 Å². The second-order valence-electron chi connectivity index (χ2n) is 5.96. The van der Waals surface area contributed by atoms with Crippen LogP contribution in [0.1, 0.15) is 37.7 Å². The van der Waals surface area contributed by atoms with Crippen LogP contribution in [0.4, 0.5) is 5.69 Å². The SMILES string of the molecule is CCOC(=O)C1=C(N)OC2=C(C(=O)CCC2)[C@H]1c1ccccc1[N+](=O)[O-]. The van der Waals surface area contributed by atoms with Crippen molar-refractivity contribution < 1.29 is 24.0 Å². The fraction of sp³-hybridized carbons (Fsp3) is 0.333. The van der Waals surface area contributed by atoms with E-state index in [-0.39, 0.29) is 47.1 Å². The number of hydrogen-bond donors (Lipinski definition) is 1. The number of rotatable bonds is 4. The third-order valence-electron chi connectivity index (χ3n) is 4.42. The van der Waals surface area contributed by atoms with Gasteiger partial charge in [-0.15, -0.1) is 0 Å². The maximum Gasteiger partial charge on any atom is 0.340 e. The Morgan fingerprint density at radius 1 is 1.38 bits per heavy atom.